The number of nitrogens with zero attached hydrogens (tertiary/aromatic N) is 2. The van der Waals surface area contributed by atoms with E-state index >= 15 is 0 Å². The lowest BCUT2D eigenvalue weighted by atomic mass is 10.1. The number of halogens is 1. The first-order chi connectivity index (χ1) is 14.6. The highest BCUT2D eigenvalue weighted by Gasteiger charge is 2.25. The van der Waals surface area contributed by atoms with Crippen molar-refractivity contribution in [2.75, 3.05) is 32.6 Å². The maximum Gasteiger partial charge on any atom is 0.321 e. The lowest BCUT2D eigenvalue weighted by molar-refractivity contribution is 0.115. The molecule has 158 valence electrons. The zero-order valence-corrected chi connectivity index (χ0v) is 18.3. The molecule has 1 fully saturated rings. The monoisotopic (exact) mass is 447 g/mol. The van der Waals surface area contributed by atoms with Gasteiger partial charge in [0.2, 0.25) is 0 Å². The van der Waals surface area contributed by atoms with E-state index in [0.29, 0.717) is 34.7 Å². The number of fused-ring (bicyclic) bond motifs is 1. The predicted octanol–water partition coefficient (Wildman–Crippen LogP) is 5.04. The molecule has 2 aromatic carbocycles. The molecule has 9 heteroatoms. The van der Waals surface area contributed by atoms with Crippen LogP contribution in [0.4, 0.5) is 10.5 Å². The summed E-state index contributed by atoms with van der Waals surface area (Å²) in [6.07, 6.45) is 1.50. The van der Waals surface area contributed by atoms with Crippen LogP contribution in [-0.2, 0) is 0 Å². The first-order valence-electron chi connectivity index (χ1n) is 9.56. The number of carbonyl (C=O) groups excluding carboxylic acids is 1. The molecule has 0 radical (unpaired) electrons. The van der Waals surface area contributed by atoms with Crippen LogP contribution in [0, 0.1) is 0 Å². The number of methoxy groups -OCH3 is 2. The van der Waals surface area contributed by atoms with Gasteiger partial charge in [0.05, 0.1) is 30.1 Å². The maximum absolute atomic E-state index is 12.6. The van der Waals surface area contributed by atoms with Gasteiger partial charge < -0.3 is 24.4 Å². The molecule has 1 aliphatic heterocycles. The molecule has 0 saturated carbocycles. The molecule has 0 atom stereocenters. The number of ether oxygens (including phenoxy) is 3. The fourth-order valence-electron chi connectivity index (χ4n) is 3.35. The molecule has 1 aliphatic rings. The van der Waals surface area contributed by atoms with Crippen LogP contribution in [0.25, 0.3) is 10.2 Å². The third-order valence-electron chi connectivity index (χ3n) is 4.98. The summed E-state index contributed by atoms with van der Waals surface area (Å²) in [5, 5.41) is 4.06. The number of rotatable bonds is 5. The van der Waals surface area contributed by atoms with Crippen LogP contribution in [0.3, 0.4) is 0 Å². The van der Waals surface area contributed by atoms with Gasteiger partial charge in [0.1, 0.15) is 17.6 Å². The van der Waals surface area contributed by atoms with Crippen molar-refractivity contribution >= 4 is 44.9 Å². The molecule has 4 rings (SSSR count). The Bertz CT molecular complexity index is 1050. The highest BCUT2D eigenvalue weighted by Crippen LogP contribution is 2.32. The van der Waals surface area contributed by atoms with Crippen LogP contribution < -0.4 is 19.5 Å². The van der Waals surface area contributed by atoms with E-state index in [2.05, 4.69) is 10.3 Å². The summed E-state index contributed by atoms with van der Waals surface area (Å²) in [5.41, 5.74) is 1.45. The Morgan fingerprint density at radius 1 is 1.17 bits per heavy atom. The molecule has 2 amide bonds. The summed E-state index contributed by atoms with van der Waals surface area (Å²) in [5.74, 6) is 1.37. The smallest absolute Gasteiger partial charge is 0.321 e. The van der Waals surface area contributed by atoms with E-state index in [1.54, 1.807) is 37.3 Å². The number of urea groups is 1. The van der Waals surface area contributed by atoms with Gasteiger partial charge >= 0.3 is 6.03 Å². The number of carbonyl (C=O) groups is 1. The van der Waals surface area contributed by atoms with Crippen LogP contribution in [-0.4, -0.2) is 49.3 Å². The maximum atomic E-state index is 12.6. The molecule has 1 N–H and O–H groups in total. The topological polar surface area (TPSA) is 72.9 Å². The normalized spacial score (nSPS) is 14.6. The summed E-state index contributed by atoms with van der Waals surface area (Å²) in [4.78, 5) is 19.0. The second-order valence-corrected chi connectivity index (χ2v) is 8.32. The number of thiazole rings is 1. The highest BCUT2D eigenvalue weighted by molar-refractivity contribution is 7.20. The van der Waals surface area contributed by atoms with E-state index < -0.39 is 0 Å². The standard InChI is InChI=1S/C21H22ClN3O4S/c1-27-15-4-5-16-19(12-15)30-21(24-16)29-14-7-9-25(10-8-14)20(26)23-17-11-13(22)3-6-18(17)28-2/h3-6,11-12,14H,7-10H2,1-2H3,(H,23,26). The number of anilines is 1. The van der Waals surface area contributed by atoms with E-state index in [1.807, 2.05) is 18.2 Å². The fourth-order valence-corrected chi connectivity index (χ4v) is 4.43. The first-order valence-corrected chi connectivity index (χ1v) is 10.8. The van der Waals surface area contributed by atoms with E-state index in [9.17, 15) is 4.79 Å². The molecule has 3 aromatic rings. The molecule has 1 aromatic heterocycles. The van der Waals surface area contributed by atoms with Crippen molar-refractivity contribution in [3.63, 3.8) is 0 Å². The minimum atomic E-state index is -0.180. The Kier molecular flexibility index (Phi) is 6.15. The highest BCUT2D eigenvalue weighted by atomic mass is 35.5. The van der Waals surface area contributed by atoms with E-state index in [1.165, 1.54) is 11.3 Å². The van der Waals surface area contributed by atoms with Gasteiger partial charge in [-0.25, -0.2) is 9.78 Å². The number of aromatic nitrogens is 1. The number of piperidine rings is 1. The Balaban J connectivity index is 1.33. The molecule has 0 spiro atoms. The molecule has 0 unspecified atom stereocenters. The van der Waals surface area contributed by atoms with E-state index in [-0.39, 0.29) is 12.1 Å². The molecule has 7 nitrogen and oxygen atoms in total. The number of benzene rings is 2. The third-order valence-corrected chi connectivity index (χ3v) is 6.12. The molecular weight excluding hydrogens is 426 g/mol. The molecule has 1 saturated heterocycles. The van der Waals surface area contributed by atoms with Gasteiger partial charge in [0.25, 0.3) is 5.19 Å². The minimum Gasteiger partial charge on any atom is -0.497 e. The van der Waals surface area contributed by atoms with Crippen LogP contribution in [0.15, 0.2) is 36.4 Å². The number of hydrogen-bond acceptors (Lipinski definition) is 6. The average Bonchev–Trinajstić information content (AvgIpc) is 3.15. The fraction of sp³-hybridized carbons (Fsp3) is 0.333. The Morgan fingerprint density at radius 2 is 1.97 bits per heavy atom. The number of likely N-dealkylation sites (tertiary alicyclic amines) is 1. The summed E-state index contributed by atoms with van der Waals surface area (Å²) in [6.45, 7) is 1.19. The quantitative estimate of drug-likeness (QED) is 0.593. The number of amides is 2. The van der Waals surface area contributed by atoms with E-state index in [4.69, 9.17) is 25.8 Å². The minimum absolute atomic E-state index is 0.0252. The lowest BCUT2D eigenvalue weighted by Gasteiger charge is -2.31. The van der Waals surface area contributed by atoms with Gasteiger partial charge in [-0.15, -0.1) is 0 Å². The van der Waals surface area contributed by atoms with Crippen molar-refractivity contribution in [1.82, 2.24) is 9.88 Å². The lowest BCUT2D eigenvalue weighted by Crippen LogP contribution is -2.43. The van der Waals surface area contributed by atoms with Crippen molar-refractivity contribution < 1.29 is 19.0 Å². The second-order valence-electron chi connectivity index (χ2n) is 6.89. The predicted molar refractivity (Wildman–Crippen MR) is 118 cm³/mol. The van der Waals surface area contributed by atoms with Crippen LogP contribution in [0.2, 0.25) is 5.02 Å². The van der Waals surface area contributed by atoms with Crippen LogP contribution >= 0.6 is 22.9 Å². The number of nitrogens with one attached hydrogen (secondary N) is 1. The second kappa shape index (κ2) is 8.97. The first kappa shape index (κ1) is 20.6. The Hall–Kier alpha value is -2.71. The van der Waals surface area contributed by atoms with Gasteiger partial charge in [0.15, 0.2) is 0 Å². The van der Waals surface area contributed by atoms with Gasteiger partial charge in [-0.2, -0.15) is 0 Å². The molecule has 0 aliphatic carbocycles. The number of hydrogen-bond donors (Lipinski definition) is 1. The Labute approximate surface area is 183 Å². The summed E-state index contributed by atoms with van der Waals surface area (Å²) in [7, 11) is 3.20. The third kappa shape index (κ3) is 4.55. The molecule has 0 bridgehead atoms. The van der Waals surface area contributed by atoms with Gasteiger partial charge in [-0.05, 0) is 36.4 Å². The SMILES string of the molecule is COc1ccc2nc(OC3CCN(C(=O)Nc4cc(Cl)ccc4OC)CC3)sc2c1. The summed E-state index contributed by atoms with van der Waals surface area (Å²) in [6, 6.07) is 10.7. The van der Waals surface area contributed by atoms with Gasteiger partial charge in [-0.1, -0.05) is 22.9 Å². The Morgan fingerprint density at radius 3 is 2.70 bits per heavy atom. The van der Waals surface area contributed by atoms with Crippen molar-refractivity contribution in [3.05, 3.63) is 41.4 Å². The zero-order valence-electron chi connectivity index (χ0n) is 16.7. The van der Waals surface area contributed by atoms with Gasteiger partial charge in [-0.3, -0.25) is 0 Å². The van der Waals surface area contributed by atoms with Crippen molar-refractivity contribution in [2.24, 2.45) is 0 Å². The summed E-state index contributed by atoms with van der Waals surface area (Å²) < 4.78 is 17.7. The van der Waals surface area contributed by atoms with E-state index in [0.717, 1.165) is 28.8 Å². The zero-order chi connectivity index (χ0) is 21.1. The molecule has 30 heavy (non-hydrogen) atoms. The van der Waals surface area contributed by atoms with Crippen LogP contribution in [0.1, 0.15) is 12.8 Å². The van der Waals surface area contributed by atoms with Crippen LogP contribution in [0.5, 0.6) is 16.7 Å². The summed E-state index contributed by atoms with van der Waals surface area (Å²) >= 11 is 7.54. The molecule has 2 heterocycles. The van der Waals surface area contributed by atoms with Crippen molar-refractivity contribution in [2.45, 2.75) is 18.9 Å². The molecular formula is C21H22ClN3O4S. The van der Waals surface area contributed by atoms with Crippen molar-refractivity contribution in [1.29, 1.82) is 0 Å². The average molecular weight is 448 g/mol. The van der Waals surface area contributed by atoms with Gasteiger partial charge in [0, 0.05) is 31.0 Å². The van der Waals surface area contributed by atoms with Crippen molar-refractivity contribution in [3.8, 4) is 16.7 Å². The largest absolute Gasteiger partial charge is 0.497 e.